The molecular weight excluding hydrogens is 284 g/mol. The highest BCUT2D eigenvalue weighted by molar-refractivity contribution is 7.12. The molecule has 2 rings (SSSR count). The molecule has 21 heavy (non-hydrogen) atoms. The second kappa shape index (κ2) is 7.58. The number of nitrogens with one attached hydrogen (secondary N) is 1. The van der Waals surface area contributed by atoms with Gasteiger partial charge in [0.15, 0.2) is 0 Å². The number of amides is 1. The molecule has 0 bridgehead atoms. The predicted octanol–water partition coefficient (Wildman–Crippen LogP) is 2.37. The van der Waals surface area contributed by atoms with Gasteiger partial charge in [-0.1, -0.05) is 17.9 Å². The first-order chi connectivity index (χ1) is 10.2. The smallest absolute Gasteiger partial charge is 0.263 e. The fourth-order valence-electron chi connectivity index (χ4n) is 1.77. The fraction of sp³-hybridized carbons (Fsp3) is 0.250. The molecule has 2 aromatic rings. The van der Waals surface area contributed by atoms with Gasteiger partial charge in [0.05, 0.1) is 12.6 Å². The van der Waals surface area contributed by atoms with E-state index in [-0.39, 0.29) is 18.6 Å². The van der Waals surface area contributed by atoms with E-state index in [1.54, 1.807) is 12.4 Å². The van der Waals surface area contributed by atoms with E-state index in [0.29, 0.717) is 16.9 Å². The molecule has 1 atom stereocenters. The van der Waals surface area contributed by atoms with Crippen LogP contribution in [-0.2, 0) is 0 Å². The lowest BCUT2D eigenvalue weighted by molar-refractivity contribution is 0.0944. The Hall–Kier alpha value is -2.16. The second-order valence-electron chi connectivity index (χ2n) is 4.42. The van der Waals surface area contributed by atoms with Crippen molar-refractivity contribution in [2.75, 3.05) is 6.61 Å². The number of nitrogens with zero attached hydrogens (tertiary/aromatic N) is 1. The third-order valence-corrected chi connectivity index (χ3v) is 3.78. The number of thiophene rings is 1. The van der Waals surface area contributed by atoms with Crippen LogP contribution < -0.4 is 5.32 Å². The number of rotatable bonds is 4. The molecule has 1 amide bonds. The van der Waals surface area contributed by atoms with E-state index in [9.17, 15) is 4.79 Å². The van der Waals surface area contributed by atoms with Gasteiger partial charge in [-0.05, 0) is 30.0 Å². The maximum absolute atomic E-state index is 12.3. The highest BCUT2D eigenvalue weighted by Crippen LogP contribution is 2.18. The van der Waals surface area contributed by atoms with Gasteiger partial charge < -0.3 is 10.4 Å². The van der Waals surface area contributed by atoms with Crippen molar-refractivity contribution in [3.05, 3.63) is 52.0 Å². The van der Waals surface area contributed by atoms with Crippen LogP contribution in [0.2, 0.25) is 0 Å². The first-order valence-corrected chi connectivity index (χ1v) is 7.48. The number of carbonyl (C=O) groups is 1. The zero-order valence-electron chi connectivity index (χ0n) is 11.7. The molecule has 0 aliphatic heterocycles. The average molecular weight is 300 g/mol. The van der Waals surface area contributed by atoms with E-state index in [2.05, 4.69) is 22.1 Å². The maximum atomic E-state index is 12.3. The lowest BCUT2D eigenvalue weighted by atomic mass is 10.1. The topological polar surface area (TPSA) is 62.2 Å². The molecule has 2 heterocycles. The van der Waals surface area contributed by atoms with Crippen LogP contribution in [0.15, 0.2) is 36.0 Å². The Morgan fingerprint density at radius 2 is 2.38 bits per heavy atom. The largest absolute Gasteiger partial charge is 0.395 e. The second-order valence-corrected chi connectivity index (χ2v) is 5.34. The summed E-state index contributed by atoms with van der Waals surface area (Å²) in [5, 5.41) is 13.5. The minimum atomic E-state index is -0.144. The Morgan fingerprint density at radius 1 is 1.52 bits per heavy atom. The summed E-state index contributed by atoms with van der Waals surface area (Å²) in [6.07, 6.45) is 3.84. The van der Waals surface area contributed by atoms with Gasteiger partial charge in [-0.25, -0.2) is 0 Å². The van der Waals surface area contributed by atoms with Crippen LogP contribution in [0.3, 0.4) is 0 Å². The summed E-state index contributed by atoms with van der Waals surface area (Å²) in [4.78, 5) is 16.9. The molecule has 1 unspecified atom stereocenters. The van der Waals surface area contributed by atoms with E-state index in [0.717, 1.165) is 5.56 Å². The van der Waals surface area contributed by atoms with Gasteiger partial charge in [0, 0.05) is 24.4 Å². The monoisotopic (exact) mass is 300 g/mol. The number of hydrogen-bond donors (Lipinski definition) is 2. The number of aliphatic hydroxyl groups excluding tert-OH is 1. The molecule has 5 heteroatoms. The van der Waals surface area contributed by atoms with Gasteiger partial charge in [-0.2, -0.15) is 0 Å². The molecule has 0 fully saturated rings. The van der Waals surface area contributed by atoms with Crippen molar-refractivity contribution < 1.29 is 9.90 Å². The van der Waals surface area contributed by atoms with E-state index < -0.39 is 0 Å². The minimum absolute atomic E-state index is 0.0245. The molecule has 0 aliphatic carbocycles. The van der Waals surface area contributed by atoms with Gasteiger partial charge in [0.2, 0.25) is 0 Å². The van der Waals surface area contributed by atoms with Crippen molar-refractivity contribution in [1.29, 1.82) is 0 Å². The first kappa shape index (κ1) is 15.2. The number of hydrogen-bond acceptors (Lipinski definition) is 4. The van der Waals surface area contributed by atoms with Crippen LogP contribution in [0.1, 0.15) is 40.2 Å². The van der Waals surface area contributed by atoms with Crippen molar-refractivity contribution in [2.24, 2.45) is 0 Å². The molecule has 0 saturated heterocycles. The predicted molar refractivity (Wildman–Crippen MR) is 83.0 cm³/mol. The van der Waals surface area contributed by atoms with Crippen LogP contribution >= 0.6 is 11.3 Å². The number of aliphatic hydroxyl groups is 1. The molecule has 2 aromatic heterocycles. The molecule has 0 saturated carbocycles. The van der Waals surface area contributed by atoms with Gasteiger partial charge in [-0.15, -0.1) is 11.3 Å². The highest BCUT2D eigenvalue weighted by atomic mass is 32.1. The Labute approximate surface area is 127 Å². The fourth-order valence-corrected chi connectivity index (χ4v) is 2.53. The van der Waals surface area contributed by atoms with Crippen molar-refractivity contribution in [1.82, 2.24) is 10.3 Å². The molecule has 0 aromatic carbocycles. The van der Waals surface area contributed by atoms with Crippen molar-refractivity contribution in [3.8, 4) is 11.8 Å². The summed E-state index contributed by atoms with van der Waals surface area (Å²) in [5.41, 5.74) is 1.65. The first-order valence-electron chi connectivity index (χ1n) is 6.60. The zero-order valence-corrected chi connectivity index (χ0v) is 12.5. The summed E-state index contributed by atoms with van der Waals surface area (Å²) in [6, 6.07) is 5.47. The van der Waals surface area contributed by atoms with E-state index in [1.807, 2.05) is 30.5 Å². The Bertz CT molecular complexity index is 656. The summed E-state index contributed by atoms with van der Waals surface area (Å²) < 4.78 is 0. The van der Waals surface area contributed by atoms with Crippen molar-refractivity contribution in [2.45, 2.75) is 19.4 Å². The molecule has 0 aliphatic rings. The van der Waals surface area contributed by atoms with E-state index in [4.69, 9.17) is 5.11 Å². The maximum Gasteiger partial charge on any atom is 0.263 e. The van der Waals surface area contributed by atoms with Crippen molar-refractivity contribution in [3.63, 3.8) is 0 Å². The number of aromatic nitrogens is 1. The van der Waals surface area contributed by atoms with Crippen LogP contribution in [0.5, 0.6) is 0 Å². The summed E-state index contributed by atoms with van der Waals surface area (Å²) >= 11 is 1.36. The summed E-state index contributed by atoms with van der Waals surface area (Å²) in [6.45, 7) is 1.94. The molecule has 0 spiro atoms. The summed E-state index contributed by atoms with van der Waals surface area (Å²) in [5.74, 6) is 5.61. The average Bonchev–Trinajstić information content (AvgIpc) is 2.97. The van der Waals surface area contributed by atoms with E-state index in [1.165, 1.54) is 11.3 Å². The quantitative estimate of drug-likeness (QED) is 0.852. The van der Waals surface area contributed by atoms with Crippen LogP contribution in [0.25, 0.3) is 0 Å². The van der Waals surface area contributed by atoms with E-state index >= 15 is 0 Å². The van der Waals surface area contributed by atoms with Gasteiger partial charge >= 0.3 is 0 Å². The SMILES string of the molecule is CC(NC(=O)c1sccc1C#CCCO)c1cccnc1. The lowest BCUT2D eigenvalue weighted by Gasteiger charge is -2.13. The molecule has 4 nitrogen and oxygen atoms in total. The Morgan fingerprint density at radius 3 is 3.10 bits per heavy atom. The Kier molecular flexibility index (Phi) is 5.50. The normalized spacial score (nSPS) is 11.3. The van der Waals surface area contributed by atoms with Crippen LogP contribution in [-0.4, -0.2) is 22.6 Å². The molecule has 2 N–H and O–H groups in total. The molecule has 0 radical (unpaired) electrons. The number of carbonyl (C=O) groups excluding carboxylic acids is 1. The number of pyridine rings is 1. The third kappa shape index (κ3) is 4.15. The summed E-state index contributed by atoms with van der Waals surface area (Å²) in [7, 11) is 0. The van der Waals surface area contributed by atoms with Crippen LogP contribution in [0.4, 0.5) is 0 Å². The minimum Gasteiger partial charge on any atom is -0.395 e. The van der Waals surface area contributed by atoms with Gasteiger partial charge in [0.1, 0.15) is 4.88 Å². The third-order valence-electron chi connectivity index (χ3n) is 2.86. The van der Waals surface area contributed by atoms with Gasteiger partial charge in [0.25, 0.3) is 5.91 Å². The van der Waals surface area contributed by atoms with Crippen molar-refractivity contribution >= 4 is 17.2 Å². The Balaban J connectivity index is 2.08. The highest BCUT2D eigenvalue weighted by Gasteiger charge is 2.15. The van der Waals surface area contributed by atoms with Gasteiger partial charge in [-0.3, -0.25) is 9.78 Å². The molecular formula is C16H16N2O2S. The van der Waals surface area contributed by atoms with Crippen LogP contribution in [0, 0.1) is 11.8 Å². The lowest BCUT2D eigenvalue weighted by Crippen LogP contribution is -2.26. The molecule has 108 valence electrons. The zero-order chi connectivity index (χ0) is 15.1. The standard InChI is InChI=1S/C16H16N2O2S/c1-12(14-6-4-8-17-11-14)18-16(20)15-13(7-10-21-15)5-2-3-9-19/h4,6-8,10-12,19H,3,9H2,1H3,(H,18,20).